The van der Waals surface area contributed by atoms with Gasteiger partial charge in [0, 0.05) is 13.1 Å². The molecule has 1 aromatic heterocycles. The van der Waals surface area contributed by atoms with Crippen LogP contribution in [-0.4, -0.2) is 42.1 Å². The number of amides is 1. The van der Waals surface area contributed by atoms with Crippen LogP contribution in [-0.2, 0) is 0 Å². The summed E-state index contributed by atoms with van der Waals surface area (Å²) in [5.41, 5.74) is -0.901. The molecule has 2 N–H and O–H groups in total. The highest BCUT2D eigenvalue weighted by Gasteiger charge is 2.20. The zero-order valence-electron chi connectivity index (χ0n) is 15.6. The molecular weight excluding hydrogens is 332 g/mol. The van der Waals surface area contributed by atoms with Gasteiger partial charge in [0.1, 0.15) is 11.3 Å². The zero-order valence-corrected chi connectivity index (χ0v) is 15.6. The molecule has 1 heterocycles. The van der Waals surface area contributed by atoms with Crippen molar-refractivity contribution >= 4 is 16.9 Å². The summed E-state index contributed by atoms with van der Waals surface area (Å²) in [6.45, 7) is 7.43. The summed E-state index contributed by atoms with van der Waals surface area (Å²) in [6, 6.07) is 6.60. The summed E-state index contributed by atoms with van der Waals surface area (Å²) >= 11 is 0. The van der Waals surface area contributed by atoms with Crippen LogP contribution < -0.4 is 10.9 Å². The monoisotopic (exact) mass is 360 g/mol. The highest BCUT2D eigenvalue weighted by Crippen LogP contribution is 2.25. The lowest BCUT2D eigenvalue weighted by atomic mass is 10.1. The molecule has 26 heavy (non-hydrogen) atoms. The van der Waals surface area contributed by atoms with E-state index in [-0.39, 0.29) is 16.9 Å². The average molecular weight is 360 g/mol. The number of benzene rings is 1. The number of unbranched alkanes of at least 4 members (excludes halogenated alkanes) is 2. The Bertz CT molecular complexity index is 777. The van der Waals surface area contributed by atoms with Gasteiger partial charge in [-0.1, -0.05) is 38.8 Å². The fraction of sp³-hybridized carbons (Fsp3) is 0.500. The van der Waals surface area contributed by atoms with E-state index in [2.05, 4.69) is 24.1 Å². The third-order valence-electron chi connectivity index (χ3n) is 4.38. The van der Waals surface area contributed by atoms with Crippen molar-refractivity contribution in [3.8, 4) is 5.75 Å². The second-order valence-corrected chi connectivity index (χ2v) is 6.41. The molecule has 0 bridgehead atoms. The summed E-state index contributed by atoms with van der Waals surface area (Å²) in [6.07, 6.45) is 4.49. The van der Waals surface area contributed by atoms with E-state index in [1.54, 1.807) is 24.3 Å². The maximum absolute atomic E-state index is 12.4. The highest BCUT2D eigenvalue weighted by molar-refractivity contribution is 6.01. The molecular formula is C20H28N2O4. The summed E-state index contributed by atoms with van der Waals surface area (Å²) in [4.78, 5) is 26.8. The molecule has 1 amide bonds. The van der Waals surface area contributed by atoms with Crippen molar-refractivity contribution in [3.05, 3.63) is 40.2 Å². The number of aromatic hydroxyl groups is 1. The minimum Gasteiger partial charge on any atom is -0.506 e. The van der Waals surface area contributed by atoms with Gasteiger partial charge in [-0.15, -0.1) is 0 Å². The molecule has 0 aliphatic carbocycles. The van der Waals surface area contributed by atoms with E-state index in [0.717, 1.165) is 38.8 Å². The van der Waals surface area contributed by atoms with Crippen LogP contribution in [0.15, 0.2) is 33.5 Å². The molecule has 6 heteroatoms. The van der Waals surface area contributed by atoms with Gasteiger partial charge in [-0.3, -0.25) is 4.79 Å². The first-order chi connectivity index (χ1) is 12.6. The maximum Gasteiger partial charge on any atom is 0.353 e. The Balaban J connectivity index is 2.03. The number of para-hydroxylation sites is 1. The molecule has 0 spiro atoms. The van der Waals surface area contributed by atoms with Gasteiger partial charge in [0.25, 0.3) is 5.91 Å². The Kier molecular flexibility index (Phi) is 7.66. The number of fused-ring (bicyclic) bond motifs is 1. The predicted octanol–water partition coefficient (Wildman–Crippen LogP) is 3.13. The van der Waals surface area contributed by atoms with Gasteiger partial charge in [0.15, 0.2) is 5.56 Å². The van der Waals surface area contributed by atoms with E-state index in [9.17, 15) is 14.7 Å². The third kappa shape index (κ3) is 5.08. The van der Waals surface area contributed by atoms with Gasteiger partial charge in [0.05, 0.1) is 5.39 Å². The molecule has 2 rings (SSSR count). The Labute approximate surface area is 153 Å². The summed E-state index contributed by atoms with van der Waals surface area (Å²) in [5, 5.41) is 13.4. The fourth-order valence-electron chi connectivity index (χ4n) is 2.85. The molecule has 6 nitrogen and oxygen atoms in total. The van der Waals surface area contributed by atoms with E-state index in [1.807, 2.05) is 0 Å². The summed E-state index contributed by atoms with van der Waals surface area (Å²) < 4.78 is 5.14. The molecule has 2 aromatic rings. The number of carbonyl (C=O) groups excluding carboxylic acids is 1. The summed E-state index contributed by atoms with van der Waals surface area (Å²) in [5.74, 6) is -0.934. The van der Waals surface area contributed by atoms with Crippen molar-refractivity contribution in [2.24, 2.45) is 0 Å². The SMILES string of the molecule is CCCCN(CCCC)CCNC(=O)c1c(O)c2ccccc2oc1=O. The normalized spacial score (nSPS) is 11.2. The average Bonchev–Trinajstić information content (AvgIpc) is 2.63. The van der Waals surface area contributed by atoms with Crippen LogP contribution in [0.25, 0.3) is 11.0 Å². The Hall–Kier alpha value is -2.34. The quantitative estimate of drug-likeness (QED) is 0.636. The van der Waals surface area contributed by atoms with Gasteiger partial charge in [-0.05, 0) is 38.1 Å². The van der Waals surface area contributed by atoms with E-state index < -0.39 is 11.5 Å². The minimum atomic E-state index is -0.826. The van der Waals surface area contributed by atoms with Crippen molar-refractivity contribution in [1.82, 2.24) is 10.2 Å². The van der Waals surface area contributed by atoms with E-state index >= 15 is 0 Å². The second-order valence-electron chi connectivity index (χ2n) is 6.41. The topological polar surface area (TPSA) is 82.8 Å². The van der Waals surface area contributed by atoms with Gasteiger partial charge in [-0.25, -0.2) is 4.79 Å². The molecule has 0 saturated carbocycles. The molecule has 0 aliphatic rings. The largest absolute Gasteiger partial charge is 0.506 e. The van der Waals surface area contributed by atoms with Crippen molar-refractivity contribution in [1.29, 1.82) is 0 Å². The van der Waals surface area contributed by atoms with E-state index in [1.165, 1.54) is 0 Å². The molecule has 0 aliphatic heterocycles. The van der Waals surface area contributed by atoms with Crippen LogP contribution >= 0.6 is 0 Å². The smallest absolute Gasteiger partial charge is 0.353 e. The van der Waals surface area contributed by atoms with E-state index in [4.69, 9.17) is 4.42 Å². The maximum atomic E-state index is 12.4. The lowest BCUT2D eigenvalue weighted by Crippen LogP contribution is -2.37. The molecule has 0 fully saturated rings. The third-order valence-corrected chi connectivity index (χ3v) is 4.38. The first-order valence-electron chi connectivity index (χ1n) is 9.33. The van der Waals surface area contributed by atoms with Crippen molar-refractivity contribution in [2.75, 3.05) is 26.2 Å². The molecule has 0 unspecified atom stereocenters. The van der Waals surface area contributed by atoms with Gasteiger partial charge >= 0.3 is 5.63 Å². The zero-order chi connectivity index (χ0) is 18.9. The number of hydrogen-bond acceptors (Lipinski definition) is 5. The van der Waals surface area contributed by atoms with Crippen molar-refractivity contribution in [3.63, 3.8) is 0 Å². The lowest BCUT2D eigenvalue weighted by Gasteiger charge is -2.22. The minimum absolute atomic E-state index is 0.261. The molecule has 142 valence electrons. The Morgan fingerprint density at radius 3 is 2.42 bits per heavy atom. The van der Waals surface area contributed by atoms with Crippen LogP contribution in [0.1, 0.15) is 49.9 Å². The van der Waals surface area contributed by atoms with E-state index in [0.29, 0.717) is 18.5 Å². The van der Waals surface area contributed by atoms with Crippen molar-refractivity contribution in [2.45, 2.75) is 39.5 Å². The molecule has 0 radical (unpaired) electrons. The first-order valence-corrected chi connectivity index (χ1v) is 9.33. The number of carbonyl (C=O) groups is 1. The Morgan fingerprint density at radius 2 is 1.77 bits per heavy atom. The van der Waals surface area contributed by atoms with Crippen LogP contribution in [0.3, 0.4) is 0 Å². The standard InChI is InChI=1S/C20H28N2O4/c1-3-5-12-22(13-6-4-2)14-11-21-19(24)17-18(23)15-9-7-8-10-16(15)26-20(17)25/h7-10,23H,3-6,11-14H2,1-2H3,(H,21,24). The Morgan fingerprint density at radius 1 is 1.12 bits per heavy atom. The number of rotatable bonds is 10. The van der Waals surface area contributed by atoms with Gasteiger partial charge in [-0.2, -0.15) is 0 Å². The van der Waals surface area contributed by atoms with Crippen LogP contribution in [0, 0.1) is 0 Å². The second kappa shape index (κ2) is 9.97. The molecule has 0 saturated heterocycles. The summed E-state index contributed by atoms with van der Waals surface area (Å²) in [7, 11) is 0. The van der Waals surface area contributed by atoms with Crippen molar-refractivity contribution < 1.29 is 14.3 Å². The van der Waals surface area contributed by atoms with Gasteiger partial charge in [0.2, 0.25) is 0 Å². The number of hydrogen-bond donors (Lipinski definition) is 2. The van der Waals surface area contributed by atoms with Crippen LogP contribution in [0.4, 0.5) is 0 Å². The number of nitrogens with zero attached hydrogens (tertiary/aromatic N) is 1. The van der Waals surface area contributed by atoms with Gasteiger partial charge < -0.3 is 19.7 Å². The predicted molar refractivity (Wildman–Crippen MR) is 103 cm³/mol. The molecule has 0 atom stereocenters. The lowest BCUT2D eigenvalue weighted by molar-refractivity contribution is 0.0941. The molecule has 1 aromatic carbocycles. The number of nitrogens with one attached hydrogen (secondary N) is 1. The fourth-order valence-corrected chi connectivity index (χ4v) is 2.85. The van der Waals surface area contributed by atoms with Crippen LogP contribution in [0.2, 0.25) is 0 Å². The highest BCUT2D eigenvalue weighted by atomic mass is 16.4. The first kappa shape index (κ1) is 20.0. The van der Waals surface area contributed by atoms with Crippen LogP contribution in [0.5, 0.6) is 5.75 Å².